The molecule has 0 rings (SSSR count). The largest absolute Gasteiger partial charge is 0.481 e. The minimum Gasteiger partial charge on any atom is -0.481 e. The van der Waals surface area contributed by atoms with Crippen molar-refractivity contribution >= 4 is 41.1 Å². The number of carbonyl (C=O) groups is 3. The van der Waals surface area contributed by atoms with Gasteiger partial charge in [-0.1, -0.05) is 0 Å². The average molecular weight is 371 g/mol. The molecule has 0 bridgehead atoms. The van der Waals surface area contributed by atoms with Crippen molar-refractivity contribution in [3.05, 3.63) is 0 Å². The molecule has 0 aromatic carbocycles. The standard InChI is InChI=1S/C3H8O3.C2H4Cl2.3C2H4O2/c4-1-3(6)2-5;3-1-2-4;3*1-2(3)4/h3-6H,1-2H2;1-2H2;3*1H3,(H,3,4). The van der Waals surface area contributed by atoms with Gasteiger partial charge in [-0.15, -0.1) is 23.2 Å². The molecule has 11 heteroatoms. The van der Waals surface area contributed by atoms with Gasteiger partial charge in [-0.2, -0.15) is 0 Å². The average Bonchev–Trinajstić information content (AvgIpc) is 2.36. The normalized spacial score (nSPS) is 7.50. The molecule has 0 unspecified atom stereocenters. The van der Waals surface area contributed by atoms with Gasteiger partial charge in [-0.05, 0) is 0 Å². The van der Waals surface area contributed by atoms with Crippen LogP contribution in [0.5, 0.6) is 0 Å². The van der Waals surface area contributed by atoms with E-state index in [0.717, 1.165) is 20.8 Å². The van der Waals surface area contributed by atoms with E-state index in [1.807, 2.05) is 0 Å². The molecule has 0 aromatic rings. The van der Waals surface area contributed by atoms with Crippen molar-refractivity contribution in [1.29, 1.82) is 0 Å². The van der Waals surface area contributed by atoms with Gasteiger partial charge in [0.1, 0.15) is 6.10 Å². The number of hydrogen-bond acceptors (Lipinski definition) is 6. The SMILES string of the molecule is CC(=O)O.CC(=O)O.CC(=O)O.ClCCCl.OCC(O)CO. The number of rotatable bonds is 3. The van der Waals surface area contributed by atoms with E-state index in [0.29, 0.717) is 11.8 Å². The lowest BCUT2D eigenvalue weighted by Gasteiger charge is -1.96. The fourth-order valence-electron chi connectivity index (χ4n) is 0.0577. The molecule has 0 amide bonds. The number of hydrogen-bond donors (Lipinski definition) is 6. The van der Waals surface area contributed by atoms with Crippen molar-refractivity contribution in [1.82, 2.24) is 0 Å². The molecule has 22 heavy (non-hydrogen) atoms. The summed E-state index contributed by atoms with van der Waals surface area (Å²) in [5.74, 6) is -1.39. The van der Waals surface area contributed by atoms with E-state index in [2.05, 4.69) is 0 Å². The quantitative estimate of drug-likeness (QED) is 0.375. The second kappa shape index (κ2) is 32.0. The van der Waals surface area contributed by atoms with Crippen molar-refractivity contribution in [2.24, 2.45) is 0 Å². The predicted octanol–water partition coefficient (Wildman–Crippen LogP) is 0.0686. The van der Waals surface area contributed by atoms with Crippen LogP contribution in [0.15, 0.2) is 0 Å². The van der Waals surface area contributed by atoms with Gasteiger partial charge >= 0.3 is 0 Å². The van der Waals surface area contributed by atoms with Crippen molar-refractivity contribution in [2.75, 3.05) is 25.0 Å². The zero-order chi connectivity index (χ0) is 19.1. The summed E-state index contributed by atoms with van der Waals surface area (Å²) in [6, 6.07) is 0. The van der Waals surface area contributed by atoms with Gasteiger partial charge < -0.3 is 30.6 Å². The van der Waals surface area contributed by atoms with Gasteiger partial charge in [0, 0.05) is 32.5 Å². The lowest BCUT2D eigenvalue weighted by Crippen LogP contribution is -2.15. The molecule has 0 radical (unpaired) electrons. The van der Waals surface area contributed by atoms with Crippen LogP contribution < -0.4 is 0 Å². The van der Waals surface area contributed by atoms with Gasteiger partial charge in [0.25, 0.3) is 17.9 Å². The Balaban J connectivity index is -0.0000000555. The zero-order valence-electron chi connectivity index (χ0n) is 12.6. The maximum Gasteiger partial charge on any atom is 0.300 e. The number of aliphatic hydroxyl groups is 3. The van der Waals surface area contributed by atoms with Gasteiger partial charge in [-0.25, -0.2) is 0 Å². The number of aliphatic hydroxyl groups excluding tert-OH is 3. The summed E-state index contributed by atoms with van der Waals surface area (Å²) < 4.78 is 0. The molecule has 0 aromatic heterocycles. The first-order valence-electron chi connectivity index (χ1n) is 5.52. The molecule has 0 atom stereocenters. The topological polar surface area (TPSA) is 173 Å². The molecule has 6 N–H and O–H groups in total. The lowest BCUT2D eigenvalue weighted by atomic mass is 10.4. The Kier molecular flexibility index (Phi) is 47.6. The number of aliphatic carboxylic acids is 3. The highest BCUT2D eigenvalue weighted by Gasteiger charge is 1.93. The Morgan fingerprint density at radius 2 is 0.909 bits per heavy atom. The first kappa shape index (κ1) is 32.7. The molecule has 0 aliphatic heterocycles. The lowest BCUT2D eigenvalue weighted by molar-refractivity contribution is -0.135. The molecule has 0 aliphatic carbocycles. The molecule has 9 nitrogen and oxygen atoms in total. The van der Waals surface area contributed by atoms with Crippen LogP contribution in [0.1, 0.15) is 20.8 Å². The molecule has 0 heterocycles. The second-order valence-corrected chi connectivity index (χ2v) is 3.71. The minimum absolute atomic E-state index is 0.365. The Morgan fingerprint density at radius 1 is 0.773 bits per heavy atom. The first-order valence-corrected chi connectivity index (χ1v) is 6.59. The van der Waals surface area contributed by atoms with Gasteiger partial charge in [0.2, 0.25) is 0 Å². The van der Waals surface area contributed by atoms with Crippen LogP contribution in [0, 0.1) is 0 Å². The summed E-state index contributed by atoms with van der Waals surface area (Å²) in [7, 11) is 0. The van der Waals surface area contributed by atoms with Gasteiger partial charge in [-0.3, -0.25) is 14.4 Å². The summed E-state index contributed by atoms with van der Waals surface area (Å²) >= 11 is 10.1. The van der Waals surface area contributed by atoms with Crippen LogP contribution in [-0.2, 0) is 14.4 Å². The third-order valence-electron chi connectivity index (χ3n) is 0.493. The summed E-state index contributed by atoms with van der Waals surface area (Å²) in [6.07, 6.45) is -0.954. The molecule has 0 saturated carbocycles. The van der Waals surface area contributed by atoms with E-state index >= 15 is 0 Å². The highest BCUT2D eigenvalue weighted by atomic mass is 35.5. The number of alkyl halides is 2. The zero-order valence-corrected chi connectivity index (χ0v) is 14.1. The highest BCUT2D eigenvalue weighted by molar-refractivity contribution is 6.25. The smallest absolute Gasteiger partial charge is 0.300 e. The third-order valence-corrected chi connectivity index (χ3v) is 1.06. The van der Waals surface area contributed by atoms with E-state index in [-0.39, 0.29) is 13.2 Å². The van der Waals surface area contributed by atoms with E-state index in [1.165, 1.54) is 0 Å². The minimum atomic E-state index is -0.954. The Labute approximate surface area is 138 Å². The third kappa shape index (κ3) is 402. The van der Waals surface area contributed by atoms with Crippen LogP contribution in [-0.4, -0.2) is 79.6 Å². The number of carboxylic acid groups (broad SMARTS) is 3. The summed E-state index contributed by atoms with van der Waals surface area (Å²) in [6.45, 7) is 2.52. The first-order chi connectivity index (χ1) is 9.92. The van der Waals surface area contributed by atoms with Crippen LogP contribution in [0.3, 0.4) is 0 Å². The fraction of sp³-hybridized carbons (Fsp3) is 0.727. The van der Waals surface area contributed by atoms with Crippen molar-refractivity contribution in [3.8, 4) is 0 Å². The second-order valence-electron chi connectivity index (χ2n) is 2.95. The van der Waals surface area contributed by atoms with Crippen LogP contribution in [0.4, 0.5) is 0 Å². The molecule has 0 aliphatic rings. The molecule has 0 saturated heterocycles. The molecule has 0 fully saturated rings. The van der Waals surface area contributed by atoms with Crippen LogP contribution in [0.2, 0.25) is 0 Å². The van der Waals surface area contributed by atoms with Crippen molar-refractivity contribution in [2.45, 2.75) is 26.9 Å². The van der Waals surface area contributed by atoms with Crippen LogP contribution in [0.25, 0.3) is 0 Å². The molecular weight excluding hydrogens is 347 g/mol. The van der Waals surface area contributed by atoms with E-state index < -0.39 is 24.0 Å². The number of halogens is 2. The fourth-order valence-corrected chi connectivity index (χ4v) is 0.0577. The Bertz CT molecular complexity index is 203. The van der Waals surface area contributed by atoms with Crippen molar-refractivity contribution in [3.63, 3.8) is 0 Å². The highest BCUT2D eigenvalue weighted by Crippen LogP contribution is 1.75. The maximum absolute atomic E-state index is 9.00. The van der Waals surface area contributed by atoms with Gasteiger partial charge in [0.05, 0.1) is 13.2 Å². The molecule has 0 spiro atoms. The Morgan fingerprint density at radius 3 is 0.909 bits per heavy atom. The van der Waals surface area contributed by atoms with Crippen LogP contribution >= 0.6 is 23.2 Å². The summed E-state index contributed by atoms with van der Waals surface area (Å²) in [4.78, 5) is 27.0. The monoisotopic (exact) mass is 370 g/mol. The summed E-state index contributed by atoms with van der Waals surface area (Å²) in [5.41, 5.74) is 0. The molecule has 136 valence electrons. The van der Waals surface area contributed by atoms with E-state index in [1.54, 1.807) is 0 Å². The predicted molar refractivity (Wildman–Crippen MR) is 81.5 cm³/mol. The van der Waals surface area contributed by atoms with Crippen molar-refractivity contribution < 1.29 is 45.0 Å². The van der Waals surface area contributed by atoms with E-state index in [9.17, 15) is 0 Å². The number of carboxylic acids is 3. The summed E-state index contributed by atoms with van der Waals surface area (Å²) in [5, 5.41) is 46.3. The Hall–Kier alpha value is -1.13. The van der Waals surface area contributed by atoms with Gasteiger partial charge in [0.15, 0.2) is 0 Å². The maximum atomic E-state index is 9.00. The van der Waals surface area contributed by atoms with E-state index in [4.69, 9.17) is 68.2 Å². The molecular formula is C11H24Cl2O9.